The zero-order valence-electron chi connectivity index (χ0n) is 19.4. The summed E-state index contributed by atoms with van der Waals surface area (Å²) in [5.74, 6) is -0.265. The molecule has 2 aromatic rings. The number of hydrogen-bond donors (Lipinski definition) is 1. The van der Waals surface area contributed by atoms with Crippen molar-refractivity contribution >= 4 is 39.9 Å². The van der Waals surface area contributed by atoms with E-state index in [2.05, 4.69) is 34.3 Å². The van der Waals surface area contributed by atoms with Gasteiger partial charge in [-0.05, 0) is 55.3 Å². The highest BCUT2D eigenvalue weighted by molar-refractivity contribution is 6.34. The van der Waals surface area contributed by atoms with Gasteiger partial charge in [0.2, 0.25) is 0 Å². The first-order valence-electron chi connectivity index (χ1n) is 11.6. The van der Waals surface area contributed by atoms with Crippen molar-refractivity contribution in [1.82, 2.24) is 10.3 Å². The molecule has 5 rings (SSSR count). The van der Waals surface area contributed by atoms with Crippen LogP contribution in [0.4, 0.5) is 5.69 Å². The maximum absolute atomic E-state index is 11.8. The molecule has 0 unspecified atom stereocenters. The van der Waals surface area contributed by atoms with Gasteiger partial charge in [-0.2, -0.15) is 0 Å². The normalized spacial score (nSPS) is 17.1. The predicted octanol–water partition coefficient (Wildman–Crippen LogP) is 4.72. The van der Waals surface area contributed by atoms with Crippen molar-refractivity contribution in [3.63, 3.8) is 0 Å². The van der Waals surface area contributed by atoms with Gasteiger partial charge in [0.1, 0.15) is 0 Å². The van der Waals surface area contributed by atoms with Crippen molar-refractivity contribution in [3.8, 4) is 0 Å². The molecule has 2 aliphatic carbocycles. The van der Waals surface area contributed by atoms with Gasteiger partial charge in [-0.25, -0.2) is 4.79 Å². The number of rotatable bonds is 4. The number of halogens is 1. The fourth-order valence-electron chi connectivity index (χ4n) is 4.19. The van der Waals surface area contributed by atoms with Crippen LogP contribution in [0, 0.1) is 0 Å². The second-order valence-electron chi connectivity index (χ2n) is 8.10. The lowest BCUT2D eigenvalue weighted by atomic mass is 9.94. The third kappa shape index (κ3) is 5.13. The van der Waals surface area contributed by atoms with E-state index in [1.54, 1.807) is 19.2 Å². The number of anilines is 1. The summed E-state index contributed by atoms with van der Waals surface area (Å²) in [6.45, 7) is 8.22. The molecule has 0 amide bonds. The second kappa shape index (κ2) is 10.8. The number of nitrogens with one attached hydrogen (secondary N) is 1. The van der Waals surface area contributed by atoms with Crippen LogP contribution in [-0.2, 0) is 9.53 Å². The molecule has 7 heteroatoms. The van der Waals surface area contributed by atoms with Crippen molar-refractivity contribution < 1.29 is 14.3 Å². The lowest BCUT2D eigenvalue weighted by molar-refractivity contribution is -0.111. The monoisotopic (exact) mass is 477 g/mol. The van der Waals surface area contributed by atoms with Crippen molar-refractivity contribution in [2.24, 2.45) is 0 Å². The minimum Gasteiger partial charge on any atom is -0.462 e. The number of allylic oxidation sites excluding steroid dienone is 8. The number of carbonyl (C=O) groups excluding carboxylic acids is 2. The van der Waals surface area contributed by atoms with Crippen molar-refractivity contribution in [2.45, 2.75) is 20.3 Å². The average Bonchev–Trinajstić information content (AvgIpc) is 3.32. The van der Waals surface area contributed by atoms with E-state index in [-0.39, 0.29) is 11.8 Å². The molecular weight excluding hydrogens is 450 g/mol. The van der Waals surface area contributed by atoms with Crippen LogP contribution in [0.15, 0.2) is 76.5 Å². The Hall–Kier alpha value is -3.22. The molecule has 0 saturated carbocycles. The van der Waals surface area contributed by atoms with Gasteiger partial charge in [-0.1, -0.05) is 30.7 Å². The number of nitrogens with zero attached hydrogens (tertiary/aromatic N) is 2. The van der Waals surface area contributed by atoms with Gasteiger partial charge in [0.25, 0.3) is 0 Å². The molecule has 0 radical (unpaired) electrons. The highest BCUT2D eigenvalue weighted by Crippen LogP contribution is 2.36. The maximum Gasteiger partial charge on any atom is 0.339 e. The smallest absolute Gasteiger partial charge is 0.339 e. The molecule has 3 aliphatic rings. The van der Waals surface area contributed by atoms with Gasteiger partial charge in [-0.15, -0.1) is 0 Å². The van der Waals surface area contributed by atoms with Crippen LogP contribution in [-0.4, -0.2) is 49.5 Å². The van der Waals surface area contributed by atoms with Crippen LogP contribution < -0.4 is 10.2 Å². The van der Waals surface area contributed by atoms with Crippen LogP contribution in [0.25, 0.3) is 10.9 Å². The quantitative estimate of drug-likeness (QED) is 0.643. The minimum absolute atomic E-state index is 0.0547. The lowest BCUT2D eigenvalue weighted by Gasteiger charge is -2.29. The van der Waals surface area contributed by atoms with E-state index in [0.717, 1.165) is 60.2 Å². The fraction of sp³-hybridized carbons (Fsp3) is 0.296. The molecule has 0 spiro atoms. The first-order valence-corrected chi connectivity index (χ1v) is 12.0. The number of piperazine rings is 1. The number of ether oxygens (including phenoxy) is 1. The standard InChI is InChI=1S/C16H19N3O2.C11H9ClO/c1-2-21-16(20)13-9-12-10-14(3-4-15(12)18-11-13)19-7-5-17-6-8-19;1-2-7-3-4-8-10(13)6-5-9(12)11(7)8/h3-4,9-11,17H,2,5-8H2,1H3;3-6H,2H2,1H3. The summed E-state index contributed by atoms with van der Waals surface area (Å²) >= 11 is 6.02. The van der Waals surface area contributed by atoms with E-state index >= 15 is 0 Å². The van der Waals surface area contributed by atoms with Crippen molar-refractivity contribution in [1.29, 1.82) is 0 Å². The highest BCUT2D eigenvalue weighted by atomic mass is 35.5. The number of ketones is 1. The van der Waals surface area contributed by atoms with Crippen LogP contribution in [0.3, 0.4) is 0 Å². The minimum atomic E-state index is -0.320. The average molecular weight is 478 g/mol. The molecule has 2 heterocycles. The second-order valence-corrected chi connectivity index (χ2v) is 8.51. The maximum atomic E-state index is 11.8. The summed E-state index contributed by atoms with van der Waals surface area (Å²) in [4.78, 5) is 29.9. The molecule has 1 aromatic heterocycles. The highest BCUT2D eigenvalue weighted by Gasteiger charge is 2.24. The van der Waals surface area contributed by atoms with E-state index in [0.29, 0.717) is 17.2 Å². The molecule has 0 bridgehead atoms. The summed E-state index contributed by atoms with van der Waals surface area (Å²) in [5, 5.41) is 4.99. The van der Waals surface area contributed by atoms with Crippen LogP contribution in [0.5, 0.6) is 0 Å². The Bertz CT molecular complexity index is 1240. The summed E-state index contributed by atoms with van der Waals surface area (Å²) in [7, 11) is 0. The number of esters is 1. The Morgan fingerprint density at radius 1 is 1.15 bits per heavy atom. The number of aromatic nitrogens is 1. The Kier molecular flexibility index (Phi) is 7.60. The van der Waals surface area contributed by atoms with Crippen LogP contribution in [0.2, 0.25) is 0 Å². The van der Waals surface area contributed by atoms with Crippen LogP contribution in [0.1, 0.15) is 30.6 Å². The summed E-state index contributed by atoms with van der Waals surface area (Å²) in [6, 6.07) is 8.04. The van der Waals surface area contributed by atoms with Crippen LogP contribution >= 0.6 is 11.6 Å². The molecule has 1 aromatic carbocycles. The predicted molar refractivity (Wildman–Crippen MR) is 136 cm³/mol. The number of hydrogen-bond acceptors (Lipinski definition) is 6. The Morgan fingerprint density at radius 2 is 1.94 bits per heavy atom. The third-order valence-electron chi connectivity index (χ3n) is 5.97. The van der Waals surface area contributed by atoms with E-state index in [9.17, 15) is 9.59 Å². The van der Waals surface area contributed by atoms with E-state index in [4.69, 9.17) is 16.3 Å². The Labute approximate surface area is 204 Å². The van der Waals surface area contributed by atoms with Gasteiger partial charge >= 0.3 is 5.97 Å². The SMILES string of the molecule is CCC1=CC=C2C(=O)C=CC(Cl)=C12.CCOC(=O)c1cnc2ccc(N3CCNCC3)cc2c1. The first-order chi connectivity index (χ1) is 16.5. The van der Waals surface area contributed by atoms with Gasteiger partial charge < -0.3 is 15.0 Å². The van der Waals surface area contributed by atoms with Gasteiger partial charge in [0.15, 0.2) is 5.78 Å². The largest absolute Gasteiger partial charge is 0.462 e. The Morgan fingerprint density at radius 3 is 2.68 bits per heavy atom. The van der Waals surface area contributed by atoms with Crippen molar-refractivity contribution in [3.05, 3.63) is 82.1 Å². The molecule has 34 heavy (non-hydrogen) atoms. The molecule has 6 nitrogen and oxygen atoms in total. The molecule has 1 aliphatic heterocycles. The van der Waals surface area contributed by atoms with Gasteiger partial charge in [-0.3, -0.25) is 9.78 Å². The molecule has 1 saturated heterocycles. The molecule has 1 fully saturated rings. The number of benzene rings is 1. The molecule has 176 valence electrons. The van der Waals surface area contributed by atoms with Gasteiger partial charge in [0.05, 0.1) is 17.7 Å². The topological polar surface area (TPSA) is 71.5 Å². The van der Waals surface area contributed by atoms with E-state index in [1.165, 1.54) is 11.8 Å². The lowest BCUT2D eigenvalue weighted by Crippen LogP contribution is -2.43. The molecule has 0 atom stereocenters. The number of pyridine rings is 1. The fourth-order valence-corrected chi connectivity index (χ4v) is 4.48. The van der Waals surface area contributed by atoms with E-state index in [1.807, 2.05) is 24.3 Å². The van der Waals surface area contributed by atoms with Gasteiger partial charge in [0, 0.05) is 59.6 Å². The number of carbonyl (C=O) groups is 2. The third-order valence-corrected chi connectivity index (χ3v) is 6.28. The molecular formula is C27H28ClN3O3. The zero-order valence-corrected chi connectivity index (χ0v) is 20.2. The zero-order chi connectivity index (χ0) is 24.1. The molecule has 1 N–H and O–H groups in total. The van der Waals surface area contributed by atoms with E-state index < -0.39 is 0 Å². The van der Waals surface area contributed by atoms with Crippen molar-refractivity contribution in [2.75, 3.05) is 37.7 Å². The number of fused-ring (bicyclic) bond motifs is 2. The summed E-state index contributed by atoms with van der Waals surface area (Å²) in [5.41, 5.74) is 5.38. The first kappa shape index (κ1) is 23.9. The Balaban J connectivity index is 0.000000180. The summed E-state index contributed by atoms with van der Waals surface area (Å²) < 4.78 is 5.03. The summed E-state index contributed by atoms with van der Waals surface area (Å²) in [6.07, 6.45) is 9.49.